The molecule has 2 N–H and O–H groups in total. The van der Waals surface area contributed by atoms with Crippen molar-refractivity contribution in [1.82, 2.24) is 10.4 Å². The molecule has 0 aliphatic carbocycles. The van der Waals surface area contributed by atoms with Crippen LogP contribution in [0.4, 0.5) is 0 Å². The molecule has 24 heavy (non-hydrogen) atoms. The number of benzene rings is 2. The fourth-order valence-corrected chi connectivity index (χ4v) is 2.71. The fourth-order valence-electron chi connectivity index (χ4n) is 2.71. The standard InChI is InChI=1S/C19H24N2O3/c22-15-21(24)13-6-2-1-5-12-20-19(23)14-17-10-7-9-16-8-3-4-11-18(16)17/h3-4,7-11,15,24H,1-2,5-6,12-14H2,(H,20,23). The third-order valence-corrected chi connectivity index (χ3v) is 3.99. The number of carbonyl (C=O) groups is 2. The van der Waals surface area contributed by atoms with Gasteiger partial charge in [0.05, 0.1) is 6.42 Å². The molecule has 0 aliphatic rings. The van der Waals surface area contributed by atoms with Gasteiger partial charge in [0.2, 0.25) is 12.3 Å². The van der Waals surface area contributed by atoms with Crippen molar-refractivity contribution in [2.45, 2.75) is 32.1 Å². The molecule has 2 aromatic carbocycles. The second-order valence-electron chi connectivity index (χ2n) is 5.85. The zero-order valence-corrected chi connectivity index (χ0v) is 13.8. The average Bonchev–Trinajstić information content (AvgIpc) is 2.61. The predicted molar refractivity (Wildman–Crippen MR) is 93.7 cm³/mol. The lowest BCUT2D eigenvalue weighted by Crippen LogP contribution is -2.26. The summed E-state index contributed by atoms with van der Waals surface area (Å²) < 4.78 is 0. The third-order valence-electron chi connectivity index (χ3n) is 3.99. The van der Waals surface area contributed by atoms with E-state index in [2.05, 4.69) is 17.4 Å². The van der Waals surface area contributed by atoms with Gasteiger partial charge in [-0.15, -0.1) is 0 Å². The molecule has 0 spiro atoms. The molecule has 5 nitrogen and oxygen atoms in total. The molecule has 0 unspecified atom stereocenters. The third kappa shape index (κ3) is 5.66. The van der Waals surface area contributed by atoms with Gasteiger partial charge in [0, 0.05) is 13.1 Å². The Morgan fingerprint density at radius 2 is 1.79 bits per heavy atom. The van der Waals surface area contributed by atoms with Crippen molar-refractivity contribution in [1.29, 1.82) is 0 Å². The maximum absolute atomic E-state index is 12.1. The van der Waals surface area contributed by atoms with Crippen LogP contribution in [0.1, 0.15) is 31.2 Å². The first kappa shape index (κ1) is 17.9. The SMILES string of the molecule is O=CN(O)CCCCCCNC(=O)Cc1cccc2ccccc12. The Hall–Kier alpha value is -2.40. The highest BCUT2D eigenvalue weighted by atomic mass is 16.5. The Balaban J connectivity index is 1.67. The van der Waals surface area contributed by atoms with Crippen molar-refractivity contribution in [3.8, 4) is 0 Å². The first-order valence-electron chi connectivity index (χ1n) is 8.35. The minimum atomic E-state index is 0.0360. The number of nitrogens with one attached hydrogen (secondary N) is 1. The van der Waals surface area contributed by atoms with Crippen LogP contribution in [0.15, 0.2) is 42.5 Å². The van der Waals surface area contributed by atoms with Crippen molar-refractivity contribution in [3.05, 3.63) is 48.0 Å². The van der Waals surface area contributed by atoms with Gasteiger partial charge >= 0.3 is 0 Å². The van der Waals surface area contributed by atoms with Crippen LogP contribution in [0.25, 0.3) is 10.8 Å². The van der Waals surface area contributed by atoms with E-state index in [9.17, 15) is 9.59 Å². The smallest absolute Gasteiger partial charge is 0.233 e. The second kappa shape index (κ2) is 9.67. The van der Waals surface area contributed by atoms with Crippen molar-refractivity contribution in [2.75, 3.05) is 13.1 Å². The van der Waals surface area contributed by atoms with Gasteiger partial charge in [-0.3, -0.25) is 14.8 Å². The van der Waals surface area contributed by atoms with Crippen LogP contribution in [0.3, 0.4) is 0 Å². The van der Waals surface area contributed by atoms with E-state index in [4.69, 9.17) is 5.21 Å². The minimum absolute atomic E-state index is 0.0360. The maximum Gasteiger partial charge on any atom is 0.233 e. The number of unbranched alkanes of at least 4 members (excludes halogenated alkanes) is 3. The van der Waals surface area contributed by atoms with Gasteiger partial charge < -0.3 is 5.32 Å². The molecule has 128 valence electrons. The van der Waals surface area contributed by atoms with E-state index in [1.54, 1.807) is 0 Å². The van der Waals surface area contributed by atoms with Crippen molar-refractivity contribution >= 4 is 23.1 Å². The summed E-state index contributed by atoms with van der Waals surface area (Å²) in [7, 11) is 0. The van der Waals surface area contributed by atoms with E-state index in [-0.39, 0.29) is 5.91 Å². The molecule has 2 amide bonds. The molecule has 0 saturated carbocycles. The first-order valence-corrected chi connectivity index (χ1v) is 8.35. The van der Waals surface area contributed by atoms with E-state index in [1.165, 1.54) is 0 Å². The highest BCUT2D eigenvalue weighted by Gasteiger charge is 2.06. The van der Waals surface area contributed by atoms with Gasteiger partial charge in [0.1, 0.15) is 0 Å². The Morgan fingerprint density at radius 3 is 2.62 bits per heavy atom. The molecule has 0 fully saturated rings. The lowest BCUT2D eigenvalue weighted by molar-refractivity contribution is -0.149. The molecular formula is C19H24N2O3. The van der Waals surface area contributed by atoms with Crippen LogP contribution >= 0.6 is 0 Å². The lowest BCUT2D eigenvalue weighted by atomic mass is 10.0. The van der Waals surface area contributed by atoms with E-state index in [1.807, 2.05) is 30.3 Å². The highest BCUT2D eigenvalue weighted by molar-refractivity contribution is 5.90. The Kier molecular flexibility index (Phi) is 7.23. The Labute approximate surface area is 142 Å². The number of hydroxylamine groups is 2. The average molecular weight is 328 g/mol. The van der Waals surface area contributed by atoms with Crippen LogP contribution in [0, 0.1) is 0 Å². The van der Waals surface area contributed by atoms with Crippen molar-refractivity contribution in [2.24, 2.45) is 0 Å². The van der Waals surface area contributed by atoms with E-state index in [0.29, 0.717) is 31.0 Å². The number of rotatable bonds is 10. The Bertz CT molecular complexity index is 667. The molecule has 0 heterocycles. The number of amides is 2. The van der Waals surface area contributed by atoms with Crippen LogP contribution in [0.5, 0.6) is 0 Å². The molecule has 2 rings (SSSR count). The summed E-state index contributed by atoms with van der Waals surface area (Å²) in [6, 6.07) is 14.1. The van der Waals surface area contributed by atoms with Crippen molar-refractivity contribution in [3.63, 3.8) is 0 Å². The van der Waals surface area contributed by atoms with Gasteiger partial charge in [-0.05, 0) is 29.2 Å². The molecule has 0 aliphatic heterocycles. The fraction of sp³-hybridized carbons (Fsp3) is 0.368. The van der Waals surface area contributed by atoms with Gasteiger partial charge in [-0.1, -0.05) is 55.3 Å². The van der Waals surface area contributed by atoms with Crippen LogP contribution < -0.4 is 5.32 Å². The normalized spacial score (nSPS) is 10.5. The highest BCUT2D eigenvalue weighted by Crippen LogP contribution is 2.18. The van der Waals surface area contributed by atoms with E-state index >= 15 is 0 Å². The summed E-state index contributed by atoms with van der Waals surface area (Å²) in [6.45, 7) is 1.01. The van der Waals surface area contributed by atoms with E-state index in [0.717, 1.165) is 42.0 Å². The van der Waals surface area contributed by atoms with Crippen LogP contribution in [0.2, 0.25) is 0 Å². The maximum atomic E-state index is 12.1. The van der Waals surface area contributed by atoms with Crippen molar-refractivity contribution < 1.29 is 14.8 Å². The van der Waals surface area contributed by atoms with Gasteiger partial charge in [0.15, 0.2) is 0 Å². The number of fused-ring (bicyclic) bond motifs is 1. The first-order chi connectivity index (χ1) is 11.7. The Morgan fingerprint density at radius 1 is 1.04 bits per heavy atom. The predicted octanol–water partition coefficient (Wildman–Crippen LogP) is 2.91. The second-order valence-corrected chi connectivity index (χ2v) is 5.85. The lowest BCUT2D eigenvalue weighted by Gasteiger charge is -2.09. The largest absolute Gasteiger partial charge is 0.356 e. The monoisotopic (exact) mass is 328 g/mol. The molecule has 0 radical (unpaired) electrons. The summed E-state index contributed by atoms with van der Waals surface area (Å²) in [5, 5.41) is 14.8. The van der Waals surface area contributed by atoms with E-state index < -0.39 is 0 Å². The number of nitrogens with zero attached hydrogens (tertiary/aromatic N) is 1. The molecule has 2 aromatic rings. The topological polar surface area (TPSA) is 69.6 Å². The summed E-state index contributed by atoms with van der Waals surface area (Å²) in [6.07, 6.45) is 4.34. The summed E-state index contributed by atoms with van der Waals surface area (Å²) in [4.78, 5) is 22.3. The molecular weight excluding hydrogens is 304 g/mol. The van der Waals surface area contributed by atoms with Gasteiger partial charge in [-0.2, -0.15) is 0 Å². The number of hydrogen-bond acceptors (Lipinski definition) is 3. The van der Waals surface area contributed by atoms with Crippen LogP contribution in [-0.2, 0) is 16.0 Å². The zero-order valence-electron chi connectivity index (χ0n) is 13.8. The summed E-state index contributed by atoms with van der Waals surface area (Å²) >= 11 is 0. The number of carbonyl (C=O) groups excluding carboxylic acids is 2. The molecule has 0 bridgehead atoms. The summed E-state index contributed by atoms with van der Waals surface area (Å²) in [5.41, 5.74) is 1.04. The molecule has 5 heteroatoms. The minimum Gasteiger partial charge on any atom is -0.356 e. The van der Waals surface area contributed by atoms with Gasteiger partial charge in [0.25, 0.3) is 0 Å². The molecule has 0 atom stereocenters. The molecule has 0 saturated heterocycles. The molecule has 0 aromatic heterocycles. The quantitative estimate of drug-likeness (QED) is 0.305. The van der Waals surface area contributed by atoms with Crippen LogP contribution in [-0.4, -0.2) is 35.7 Å². The van der Waals surface area contributed by atoms with Gasteiger partial charge in [-0.25, -0.2) is 5.06 Å². The number of hydrogen-bond donors (Lipinski definition) is 2. The summed E-state index contributed by atoms with van der Waals surface area (Å²) in [5.74, 6) is 0.0360. The zero-order chi connectivity index (χ0) is 17.2.